The highest BCUT2D eigenvalue weighted by molar-refractivity contribution is 6.30. The number of hydrogen-bond donors (Lipinski definition) is 0. The van der Waals surface area contributed by atoms with Gasteiger partial charge >= 0.3 is 0 Å². The third kappa shape index (κ3) is 5.81. The van der Waals surface area contributed by atoms with Crippen LogP contribution in [0.4, 0.5) is 10.2 Å². The van der Waals surface area contributed by atoms with Gasteiger partial charge in [0.15, 0.2) is 0 Å². The lowest BCUT2D eigenvalue weighted by Gasteiger charge is -2.40. The summed E-state index contributed by atoms with van der Waals surface area (Å²) in [6.07, 6.45) is 6.47. The van der Waals surface area contributed by atoms with Crippen molar-refractivity contribution in [1.29, 1.82) is 0 Å². The molecular weight excluding hydrogens is 407 g/mol. The maximum atomic E-state index is 13.3. The monoisotopic (exact) mass is 434 g/mol. The molecule has 2 aromatic rings. The van der Waals surface area contributed by atoms with Gasteiger partial charge in [0.2, 0.25) is 11.8 Å². The topological polar surface area (TPSA) is 58.6 Å². The van der Waals surface area contributed by atoms with Crippen LogP contribution in [0.1, 0.15) is 46.0 Å². The van der Waals surface area contributed by atoms with Crippen LogP contribution in [0.3, 0.4) is 0 Å². The summed E-state index contributed by atoms with van der Waals surface area (Å²) >= 11 is 5.81. The number of rotatable bonds is 8. The molecule has 1 fully saturated rings. The molecule has 3 rings (SSSR count). The molecule has 1 amide bonds. The zero-order valence-electron chi connectivity index (χ0n) is 17.5. The van der Waals surface area contributed by atoms with Gasteiger partial charge in [0.05, 0.1) is 5.02 Å². The predicted molar refractivity (Wildman–Crippen MR) is 116 cm³/mol. The van der Waals surface area contributed by atoms with E-state index in [4.69, 9.17) is 16.3 Å². The minimum absolute atomic E-state index is 0.00825. The number of benzene rings is 1. The molecule has 0 unspecified atom stereocenters. The van der Waals surface area contributed by atoms with Crippen LogP contribution in [0, 0.1) is 5.82 Å². The number of ether oxygens (including phenoxy) is 1. The second-order valence-electron chi connectivity index (χ2n) is 7.59. The van der Waals surface area contributed by atoms with E-state index in [1.54, 1.807) is 6.07 Å². The van der Waals surface area contributed by atoms with Gasteiger partial charge in [-0.25, -0.2) is 14.4 Å². The summed E-state index contributed by atoms with van der Waals surface area (Å²) in [5.74, 6) is 1.22. The van der Waals surface area contributed by atoms with E-state index < -0.39 is 5.82 Å². The minimum atomic E-state index is -0.501. The van der Waals surface area contributed by atoms with E-state index in [0.717, 1.165) is 18.7 Å². The van der Waals surface area contributed by atoms with Crippen LogP contribution < -0.4 is 9.64 Å². The Morgan fingerprint density at radius 1 is 1.23 bits per heavy atom. The van der Waals surface area contributed by atoms with Crippen molar-refractivity contribution in [2.24, 2.45) is 0 Å². The number of carbonyl (C=O) groups excluding carboxylic acids is 1. The van der Waals surface area contributed by atoms with Crippen molar-refractivity contribution in [3.8, 4) is 11.6 Å². The van der Waals surface area contributed by atoms with Gasteiger partial charge in [0, 0.05) is 44.2 Å². The molecule has 1 saturated heterocycles. The number of amides is 1. The molecule has 1 aliphatic rings. The summed E-state index contributed by atoms with van der Waals surface area (Å²) in [7, 11) is 0. The molecule has 0 saturated carbocycles. The number of carbonyl (C=O) groups is 1. The maximum absolute atomic E-state index is 13.3. The number of nitrogens with zero attached hydrogens (tertiary/aromatic N) is 4. The van der Waals surface area contributed by atoms with Gasteiger partial charge in [-0.2, -0.15) is 0 Å². The smallest absolute Gasteiger partial charge is 0.224 e. The van der Waals surface area contributed by atoms with Gasteiger partial charge in [-0.3, -0.25) is 4.79 Å². The molecule has 0 bridgehead atoms. The fraction of sp³-hybridized carbons (Fsp3) is 0.500. The zero-order valence-corrected chi connectivity index (χ0v) is 18.2. The predicted octanol–water partition coefficient (Wildman–Crippen LogP) is 5.07. The van der Waals surface area contributed by atoms with Crippen molar-refractivity contribution < 1.29 is 13.9 Å². The van der Waals surface area contributed by atoms with Crippen LogP contribution in [0.2, 0.25) is 5.02 Å². The normalized spacial score (nSPS) is 16.6. The van der Waals surface area contributed by atoms with Crippen molar-refractivity contribution in [3.63, 3.8) is 0 Å². The number of aromatic nitrogens is 2. The molecule has 0 radical (unpaired) electrons. The van der Waals surface area contributed by atoms with Gasteiger partial charge in [0.1, 0.15) is 23.7 Å². The number of hydrogen-bond acceptors (Lipinski definition) is 5. The fourth-order valence-corrected chi connectivity index (χ4v) is 3.77. The van der Waals surface area contributed by atoms with Crippen LogP contribution in [-0.4, -0.2) is 46.5 Å². The lowest BCUT2D eigenvalue weighted by Crippen LogP contribution is -2.54. The molecule has 1 aromatic heterocycles. The highest BCUT2D eigenvalue weighted by Crippen LogP contribution is 2.27. The first-order valence-corrected chi connectivity index (χ1v) is 10.8. The summed E-state index contributed by atoms with van der Waals surface area (Å²) in [5.41, 5.74) is 0. The Morgan fingerprint density at radius 3 is 2.80 bits per heavy atom. The first-order valence-electron chi connectivity index (χ1n) is 10.5. The quantitative estimate of drug-likeness (QED) is 0.543. The van der Waals surface area contributed by atoms with E-state index in [-0.39, 0.29) is 17.0 Å². The van der Waals surface area contributed by atoms with E-state index in [2.05, 4.69) is 28.7 Å². The molecule has 30 heavy (non-hydrogen) atoms. The first-order chi connectivity index (χ1) is 14.5. The molecule has 8 heteroatoms. The van der Waals surface area contributed by atoms with Crippen LogP contribution in [0.5, 0.6) is 11.6 Å². The average molecular weight is 435 g/mol. The summed E-state index contributed by atoms with van der Waals surface area (Å²) < 4.78 is 19.0. The summed E-state index contributed by atoms with van der Waals surface area (Å²) in [5, 5.41) is -0.00825. The van der Waals surface area contributed by atoms with Gasteiger partial charge < -0.3 is 14.5 Å². The Kier molecular flexibility index (Phi) is 7.85. The lowest BCUT2D eigenvalue weighted by molar-refractivity contribution is -0.133. The summed E-state index contributed by atoms with van der Waals surface area (Å²) in [4.78, 5) is 25.1. The Morgan fingerprint density at radius 2 is 2.07 bits per heavy atom. The highest BCUT2D eigenvalue weighted by Gasteiger charge is 2.27. The second kappa shape index (κ2) is 10.6. The second-order valence-corrected chi connectivity index (χ2v) is 7.99. The van der Waals surface area contributed by atoms with Crippen LogP contribution in [0.25, 0.3) is 0 Å². The minimum Gasteiger partial charge on any atom is -0.439 e. The van der Waals surface area contributed by atoms with Crippen LogP contribution in [-0.2, 0) is 4.79 Å². The number of piperazine rings is 1. The SMILES string of the molecule is CCCCCCC(=O)N1CCN(c2cc(Oc3ccc(F)c(Cl)c3)ncn2)C[C@@H]1C. The third-order valence-electron chi connectivity index (χ3n) is 5.26. The summed E-state index contributed by atoms with van der Waals surface area (Å²) in [6, 6.07) is 6.00. The van der Waals surface area contributed by atoms with Crippen LogP contribution >= 0.6 is 11.6 Å². The molecule has 162 valence electrons. The van der Waals surface area contributed by atoms with Gasteiger partial charge in [-0.05, 0) is 25.5 Å². The molecule has 1 aromatic carbocycles. The average Bonchev–Trinajstić information content (AvgIpc) is 2.74. The Labute approximate surface area is 182 Å². The van der Waals surface area contributed by atoms with Crippen molar-refractivity contribution in [2.75, 3.05) is 24.5 Å². The van der Waals surface area contributed by atoms with Crippen LogP contribution in [0.15, 0.2) is 30.6 Å². The highest BCUT2D eigenvalue weighted by atomic mass is 35.5. The van der Waals surface area contributed by atoms with Gasteiger partial charge in [0.25, 0.3) is 0 Å². The Balaban J connectivity index is 1.59. The van der Waals surface area contributed by atoms with Crippen molar-refractivity contribution >= 4 is 23.3 Å². The third-order valence-corrected chi connectivity index (χ3v) is 5.55. The molecule has 6 nitrogen and oxygen atoms in total. The van der Waals surface area contributed by atoms with Crippen molar-refractivity contribution in [2.45, 2.75) is 52.0 Å². The number of unbranched alkanes of at least 4 members (excludes halogenated alkanes) is 3. The fourth-order valence-electron chi connectivity index (χ4n) is 3.60. The van der Waals surface area contributed by atoms with E-state index in [1.165, 1.54) is 37.4 Å². The molecular formula is C22H28ClFN4O2. The molecule has 0 aliphatic carbocycles. The maximum Gasteiger partial charge on any atom is 0.224 e. The van der Waals surface area contributed by atoms with Crippen molar-refractivity contribution in [3.05, 3.63) is 41.4 Å². The largest absolute Gasteiger partial charge is 0.439 e. The zero-order chi connectivity index (χ0) is 21.5. The molecule has 1 atom stereocenters. The first kappa shape index (κ1) is 22.3. The molecule has 2 heterocycles. The molecule has 0 N–H and O–H groups in total. The standard InChI is InChI=1S/C22H28ClFN4O2/c1-3-4-5-6-7-22(29)28-11-10-27(14-16(28)2)20-13-21(26-15-25-20)30-17-8-9-19(24)18(23)12-17/h8-9,12-13,15-16H,3-7,10-11,14H2,1-2H3/t16-/m0/s1. The Bertz CT molecular complexity index is 867. The van der Waals surface area contributed by atoms with E-state index in [0.29, 0.717) is 37.7 Å². The lowest BCUT2D eigenvalue weighted by atomic mass is 10.1. The van der Waals surface area contributed by atoms with E-state index in [1.807, 2.05) is 4.90 Å². The summed E-state index contributed by atoms with van der Waals surface area (Å²) in [6.45, 7) is 6.29. The Hall–Kier alpha value is -2.41. The molecule has 0 spiro atoms. The number of halogens is 2. The van der Waals surface area contributed by atoms with Crippen molar-refractivity contribution in [1.82, 2.24) is 14.9 Å². The van der Waals surface area contributed by atoms with E-state index in [9.17, 15) is 9.18 Å². The van der Waals surface area contributed by atoms with E-state index >= 15 is 0 Å². The van der Waals surface area contributed by atoms with Gasteiger partial charge in [-0.1, -0.05) is 37.8 Å². The number of anilines is 1. The van der Waals surface area contributed by atoms with Gasteiger partial charge in [-0.15, -0.1) is 0 Å². The molecule has 1 aliphatic heterocycles.